The van der Waals surface area contributed by atoms with Crippen molar-refractivity contribution in [3.8, 4) is 0 Å². The highest BCUT2D eigenvalue weighted by atomic mass is 32.2. The van der Waals surface area contributed by atoms with Crippen LogP contribution in [0.15, 0.2) is 0 Å². The first-order valence-electron chi connectivity index (χ1n) is 7.19. The number of nitrogens with one attached hydrogen (secondary N) is 1. The molecule has 2 amide bonds. The second-order valence-electron chi connectivity index (χ2n) is 5.72. The monoisotopic (exact) mass is 284 g/mol. The van der Waals surface area contributed by atoms with Crippen LogP contribution in [0.3, 0.4) is 0 Å². The summed E-state index contributed by atoms with van der Waals surface area (Å²) in [6.07, 6.45) is 6.26. The predicted octanol–water partition coefficient (Wildman–Crippen LogP) is 1.64. The molecule has 5 heteroatoms. The number of thioether (sulfide) groups is 1. The summed E-state index contributed by atoms with van der Waals surface area (Å²) in [5.41, 5.74) is 0. The summed E-state index contributed by atoms with van der Waals surface area (Å²) in [7, 11) is 0. The molecule has 1 aliphatic carbocycles. The molecule has 0 aromatic carbocycles. The normalized spacial score (nSPS) is 33.4. The summed E-state index contributed by atoms with van der Waals surface area (Å²) in [6.45, 7) is 4.34. The molecule has 0 radical (unpaired) electrons. The van der Waals surface area contributed by atoms with E-state index >= 15 is 0 Å². The second kappa shape index (κ2) is 6.16. The van der Waals surface area contributed by atoms with E-state index in [1.807, 2.05) is 23.6 Å². The van der Waals surface area contributed by atoms with Crippen LogP contribution >= 0.6 is 11.8 Å². The van der Waals surface area contributed by atoms with Gasteiger partial charge in [0.2, 0.25) is 11.8 Å². The van der Waals surface area contributed by atoms with Crippen LogP contribution in [0.25, 0.3) is 0 Å². The molecule has 4 nitrogen and oxygen atoms in total. The van der Waals surface area contributed by atoms with Crippen molar-refractivity contribution >= 4 is 23.6 Å². The number of amides is 2. The van der Waals surface area contributed by atoms with Crippen LogP contribution in [0.2, 0.25) is 0 Å². The second-order valence-corrected chi connectivity index (χ2v) is 6.86. The maximum absolute atomic E-state index is 12.6. The Morgan fingerprint density at radius 1 is 1.42 bits per heavy atom. The van der Waals surface area contributed by atoms with Gasteiger partial charge in [0.15, 0.2) is 0 Å². The van der Waals surface area contributed by atoms with Gasteiger partial charge in [-0.3, -0.25) is 9.59 Å². The molecule has 19 heavy (non-hydrogen) atoms. The number of carbonyl (C=O) groups is 2. The third-order valence-electron chi connectivity index (χ3n) is 4.52. The van der Waals surface area contributed by atoms with Gasteiger partial charge < -0.3 is 10.2 Å². The molecule has 0 bridgehead atoms. The lowest BCUT2D eigenvalue weighted by molar-refractivity contribution is -0.148. The fraction of sp³-hybridized carbons (Fsp3) is 0.857. The highest BCUT2D eigenvalue weighted by Crippen LogP contribution is 2.32. The first kappa shape index (κ1) is 14.7. The third-order valence-corrected chi connectivity index (χ3v) is 5.62. The van der Waals surface area contributed by atoms with E-state index < -0.39 is 0 Å². The molecule has 108 valence electrons. The van der Waals surface area contributed by atoms with Crippen LogP contribution in [0.5, 0.6) is 0 Å². The maximum atomic E-state index is 12.6. The lowest BCUT2D eigenvalue weighted by Crippen LogP contribution is -2.62. The molecule has 2 aliphatic rings. The van der Waals surface area contributed by atoms with Gasteiger partial charge in [0.05, 0.1) is 6.54 Å². The average molecular weight is 284 g/mol. The van der Waals surface area contributed by atoms with Crippen LogP contribution in [0, 0.1) is 5.92 Å². The van der Waals surface area contributed by atoms with E-state index in [1.54, 1.807) is 0 Å². The summed E-state index contributed by atoms with van der Waals surface area (Å²) >= 11 is 1.88. The molecule has 1 saturated heterocycles. The number of hydrogen-bond donors (Lipinski definition) is 1. The lowest BCUT2D eigenvalue weighted by Gasteiger charge is -2.38. The van der Waals surface area contributed by atoms with Gasteiger partial charge in [-0.05, 0) is 31.4 Å². The van der Waals surface area contributed by atoms with Crippen molar-refractivity contribution in [2.75, 3.05) is 12.8 Å². The van der Waals surface area contributed by atoms with Crippen molar-refractivity contribution in [3.05, 3.63) is 0 Å². The van der Waals surface area contributed by atoms with E-state index in [2.05, 4.69) is 18.5 Å². The van der Waals surface area contributed by atoms with Gasteiger partial charge in [0.1, 0.15) is 6.04 Å². The van der Waals surface area contributed by atoms with E-state index in [1.165, 1.54) is 0 Å². The largest absolute Gasteiger partial charge is 0.342 e. The fourth-order valence-electron chi connectivity index (χ4n) is 3.04. The van der Waals surface area contributed by atoms with Crippen LogP contribution in [0.1, 0.15) is 39.5 Å². The van der Waals surface area contributed by atoms with Crippen molar-refractivity contribution < 1.29 is 9.59 Å². The Bertz CT molecular complexity index is 361. The molecular formula is C14H24N2O2S. The number of nitrogens with zero attached hydrogens (tertiary/aromatic N) is 1. The molecule has 2 fully saturated rings. The Morgan fingerprint density at radius 3 is 2.74 bits per heavy atom. The summed E-state index contributed by atoms with van der Waals surface area (Å²) in [5, 5.41) is 3.50. The van der Waals surface area contributed by atoms with Crippen LogP contribution in [-0.2, 0) is 9.59 Å². The topological polar surface area (TPSA) is 49.4 Å². The minimum absolute atomic E-state index is 0.00231. The van der Waals surface area contributed by atoms with Crippen molar-refractivity contribution in [2.24, 2.45) is 5.92 Å². The molecule has 1 heterocycles. The number of rotatable bonds is 4. The summed E-state index contributed by atoms with van der Waals surface area (Å²) < 4.78 is 0. The quantitative estimate of drug-likeness (QED) is 0.854. The van der Waals surface area contributed by atoms with E-state index in [9.17, 15) is 9.59 Å². The van der Waals surface area contributed by atoms with Gasteiger partial charge in [-0.15, -0.1) is 0 Å². The van der Waals surface area contributed by atoms with E-state index in [4.69, 9.17) is 0 Å². The van der Waals surface area contributed by atoms with Crippen molar-refractivity contribution in [2.45, 2.75) is 56.9 Å². The molecule has 1 N–H and O–H groups in total. The van der Waals surface area contributed by atoms with Crippen LogP contribution < -0.4 is 5.32 Å². The molecule has 0 aromatic rings. The summed E-state index contributed by atoms with van der Waals surface area (Å²) in [6, 6.07) is -0.0536. The van der Waals surface area contributed by atoms with Gasteiger partial charge in [-0.1, -0.05) is 20.3 Å². The highest BCUT2D eigenvalue weighted by molar-refractivity contribution is 7.99. The van der Waals surface area contributed by atoms with Crippen LogP contribution in [0.4, 0.5) is 0 Å². The minimum atomic E-state index is -0.320. The smallest absolute Gasteiger partial charge is 0.246 e. The number of hydrogen-bond acceptors (Lipinski definition) is 3. The molecule has 4 unspecified atom stereocenters. The lowest BCUT2D eigenvalue weighted by atomic mass is 9.95. The average Bonchev–Trinajstić information content (AvgIpc) is 2.88. The highest BCUT2D eigenvalue weighted by Gasteiger charge is 2.40. The molecule has 4 atom stereocenters. The summed E-state index contributed by atoms with van der Waals surface area (Å²) in [4.78, 5) is 26.2. The molecule has 2 rings (SSSR count). The number of carbonyl (C=O) groups excluding carboxylic acids is 2. The van der Waals surface area contributed by atoms with E-state index in [0.29, 0.717) is 5.25 Å². The van der Waals surface area contributed by atoms with Gasteiger partial charge in [0.25, 0.3) is 0 Å². The van der Waals surface area contributed by atoms with Crippen molar-refractivity contribution in [1.82, 2.24) is 10.2 Å². The molecule has 1 saturated carbocycles. The Balaban J connectivity index is 2.07. The Kier molecular flexibility index (Phi) is 4.76. The van der Waals surface area contributed by atoms with Crippen molar-refractivity contribution in [1.29, 1.82) is 0 Å². The standard InChI is InChI=1S/C14H24N2O2S/c1-4-9(2)13-14(18)16(8-12(17)15-13)10-5-6-11(7-10)19-3/h9-11,13H,4-8H2,1-3H3,(H,15,17). The van der Waals surface area contributed by atoms with Crippen LogP contribution in [-0.4, -0.2) is 46.8 Å². The zero-order valence-corrected chi connectivity index (χ0v) is 12.8. The van der Waals surface area contributed by atoms with Gasteiger partial charge in [-0.2, -0.15) is 11.8 Å². The zero-order valence-electron chi connectivity index (χ0n) is 12.0. The SMILES string of the molecule is CCC(C)C1NC(=O)CN(C2CCC(SC)C2)C1=O. The van der Waals surface area contributed by atoms with Crippen molar-refractivity contribution in [3.63, 3.8) is 0 Å². The first-order chi connectivity index (χ1) is 9.06. The molecular weight excluding hydrogens is 260 g/mol. The maximum Gasteiger partial charge on any atom is 0.246 e. The molecule has 0 spiro atoms. The Labute approximate surface area is 119 Å². The molecule has 0 aromatic heterocycles. The van der Waals surface area contributed by atoms with E-state index in [-0.39, 0.29) is 36.4 Å². The number of piperazine rings is 1. The first-order valence-corrected chi connectivity index (χ1v) is 8.48. The third kappa shape index (κ3) is 3.07. The van der Waals surface area contributed by atoms with E-state index in [0.717, 1.165) is 25.7 Å². The fourth-order valence-corrected chi connectivity index (χ4v) is 3.82. The van der Waals surface area contributed by atoms with Gasteiger partial charge in [0, 0.05) is 11.3 Å². The summed E-state index contributed by atoms with van der Waals surface area (Å²) in [5.74, 6) is 0.329. The zero-order chi connectivity index (χ0) is 14.0. The van der Waals surface area contributed by atoms with Gasteiger partial charge in [-0.25, -0.2) is 0 Å². The Hall–Kier alpha value is -0.710. The predicted molar refractivity (Wildman–Crippen MR) is 78.0 cm³/mol. The molecule has 1 aliphatic heterocycles. The Morgan fingerprint density at radius 2 is 2.16 bits per heavy atom. The minimum Gasteiger partial charge on any atom is -0.342 e. The van der Waals surface area contributed by atoms with Gasteiger partial charge >= 0.3 is 0 Å².